The van der Waals surface area contributed by atoms with Gasteiger partial charge in [-0.05, 0) is 38.1 Å². The Balaban J connectivity index is 2.56. The molecule has 2 nitrogen and oxygen atoms in total. The molecule has 0 aliphatic heterocycles. The van der Waals surface area contributed by atoms with E-state index in [1.54, 1.807) is 24.3 Å². The van der Waals surface area contributed by atoms with Crippen LogP contribution in [0.25, 0.3) is 0 Å². The Morgan fingerprint density at radius 2 is 1.93 bits per heavy atom. The maximum absolute atomic E-state index is 13.1. The monoisotopic (exact) mass is 195 g/mol. The van der Waals surface area contributed by atoms with Gasteiger partial charge in [-0.25, -0.2) is 4.39 Å². The summed E-state index contributed by atoms with van der Waals surface area (Å²) in [4.78, 5) is 10.4. The Labute approximate surface area is 83.1 Å². The van der Waals surface area contributed by atoms with E-state index in [0.717, 1.165) is 12.0 Å². The molecule has 0 saturated heterocycles. The van der Waals surface area contributed by atoms with Crippen molar-refractivity contribution in [2.24, 2.45) is 0 Å². The first-order valence-electron chi connectivity index (χ1n) is 4.49. The number of hydrogen-bond donors (Lipinski definition) is 1. The van der Waals surface area contributed by atoms with E-state index in [-0.39, 0.29) is 6.54 Å². The molecule has 0 bridgehead atoms. The minimum Gasteiger partial charge on any atom is -0.382 e. The van der Waals surface area contributed by atoms with Crippen LogP contribution in [0.15, 0.2) is 24.3 Å². The molecule has 1 N–H and O–H groups in total. The number of anilines is 1. The van der Waals surface area contributed by atoms with Crippen LogP contribution in [0.3, 0.4) is 0 Å². The van der Waals surface area contributed by atoms with Gasteiger partial charge in [-0.2, -0.15) is 0 Å². The minimum absolute atomic E-state index is 0.257. The van der Waals surface area contributed by atoms with Crippen molar-refractivity contribution in [3.8, 4) is 0 Å². The first-order valence-corrected chi connectivity index (χ1v) is 4.49. The van der Waals surface area contributed by atoms with Crippen LogP contribution in [0.5, 0.6) is 0 Å². The standard InChI is InChI=1S/C11H14FNO/c1-11(2,12)8-13-10-5-3-9(7-14)4-6-10/h3-7,13H,8H2,1-2H3. The van der Waals surface area contributed by atoms with Crippen LogP contribution in [0.4, 0.5) is 10.1 Å². The number of carbonyl (C=O) groups is 1. The third kappa shape index (κ3) is 3.56. The van der Waals surface area contributed by atoms with Gasteiger partial charge in [0, 0.05) is 17.8 Å². The normalized spacial score (nSPS) is 11.1. The van der Waals surface area contributed by atoms with Crippen molar-refractivity contribution < 1.29 is 9.18 Å². The van der Waals surface area contributed by atoms with Crippen LogP contribution in [-0.4, -0.2) is 18.5 Å². The lowest BCUT2D eigenvalue weighted by Gasteiger charge is -2.15. The highest BCUT2D eigenvalue weighted by atomic mass is 19.1. The number of hydrogen-bond acceptors (Lipinski definition) is 2. The Morgan fingerprint density at radius 3 is 2.36 bits per heavy atom. The largest absolute Gasteiger partial charge is 0.382 e. The van der Waals surface area contributed by atoms with Crippen LogP contribution >= 0.6 is 0 Å². The zero-order valence-corrected chi connectivity index (χ0v) is 8.38. The van der Waals surface area contributed by atoms with Crippen LogP contribution < -0.4 is 5.32 Å². The van der Waals surface area contributed by atoms with Gasteiger partial charge in [0.05, 0.1) is 0 Å². The zero-order valence-electron chi connectivity index (χ0n) is 8.38. The van der Waals surface area contributed by atoms with E-state index < -0.39 is 5.67 Å². The van der Waals surface area contributed by atoms with Crippen LogP contribution in [0, 0.1) is 0 Å². The molecule has 1 aromatic carbocycles. The molecule has 1 aromatic rings. The lowest BCUT2D eigenvalue weighted by Crippen LogP contribution is -2.24. The second kappa shape index (κ2) is 4.22. The lowest BCUT2D eigenvalue weighted by atomic mass is 10.1. The van der Waals surface area contributed by atoms with Crippen molar-refractivity contribution in [1.82, 2.24) is 0 Å². The molecule has 0 aromatic heterocycles. The smallest absolute Gasteiger partial charge is 0.150 e. The number of halogens is 1. The average Bonchev–Trinajstić information content (AvgIpc) is 2.14. The predicted molar refractivity (Wildman–Crippen MR) is 55.5 cm³/mol. The molecule has 0 atom stereocenters. The van der Waals surface area contributed by atoms with E-state index in [1.807, 2.05) is 0 Å². The molecular formula is C11H14FNO. The minimum atomic E-state index is -1.23. The number of aldehydes is 1. The third-order valence-electron chi connectivity index (χ3n) is 1.76. The molecule has 0 heterocycles. The molecule has 0 aliphatic carbocycles. The molecule has 3 heteroatoms. The first kappa shape index (κ1) is 10.7. The molecule has 0 radical (unpaired) electrons. The molecule has 14 heavy (non-hydrogen) atoms. The third-order valence-corrected chi connectivity index (χ3v) is 1.76. The van der Waals surface area contributed by atoms with Crippen LogP contribution in [-0.2, 0) is 0 Å². The van der Waals surface area contributed by atoms with E-state index in [0.29, 0.717) is 5.56 Å². The summed E-state index contributed by atoms with van der Waals surface area (Å²) in [6.45, 7) is 3.28. The van der Waals surface area contributed by atoms with E-state index in [4.69, 9.17) is 0 Å². The van der Waals surface area contributed by atoms with Gasteiger partial charge < -0.3 is 5.32 Å². The summed E-state index contributed by atoms with van der Waals surface area (Å²) in [6, 6.07) is 6.91. The summed E-state index contributed by atoms with van der Waals surface area (Å²) in [5.41, 5.74) is 0.208. The zero-order chi connectivity index (χ0) is 10.6. The maximum Gasteiger partial charge on any atom is 0.150 e. The first-order chi connectivity index (χ1) is 6.51. The van der Waals surface area contributed by atoms with E-state index in [9.17, 15) is 9.18 Å². The molecule has 0 saturated carbocycles. The van der Waals surface area contributed by atoms with Crippen LogP contribution in [0.1, 0.15) is 24.2 Å². The highest BCUT2D eigenvalue weighted by molar-refractivity contribution is 5.75. The molecule has 0 spiro atoms. The fourth-order valence-electron chi connectivity index (χ4n) is 0.992. The topological polar surface area (TPSA) is 29.1 Å². The van der Waals surface area contributed by atoms with Crippen molar-refractivity contribution in [2.75, 3.05) is 11.9 Å². The molecule has 0 fully saturated rings. The number of alkyl halides is 1. The molecule has 0 amide bonds. The molecule has 76 valence electrons. The average molecular weight is 195 g/mol. The summed E-state index contributed by atoms with van der Waals surface area (Å²) < 4.78 is 13.1. The Bertz CT molecular complexity index is 300. The number of benzene rings is 1. The Hall–Kier alpha value is -1.38. The maximum atomic E-state index is 13.1. The van der Waals surface area contributed by atoms with Gasteiger partial charge in [0.15, 0.2) is 0 Å². The highest BCUT2D eigenvalue weighted by Gasteiger charge is 2.14. The van der Waals surface area contributed by atoms with Crippen molar-refractivity contribution in [2.45, 2.75) is 19.5 Å². The van der Waals surface area contributed by atoms with Gasteiger partial charge in [0.2, 0.25) is 0 Å². The van der Waals surface area contributed by atoms with E-state index in [1.165, 1.54) is 13.8 Å². The molecule has 0 unspecified atom stereocenters. The van der Waals surface area contributed by atoms with Gasteiger partial charge in [-0.3, -0.25) is 4.79 Å². The second-order valence-electron chi connectivity index (χ2n) is 3.81. The van der Waals surface area contributed by atoms with E-state index >= 15 is 0 Å². The van der Waals surface area contributed by atoms with Gasteiger partial charge in [0.25, 0.3) is 0 Å². The van der Waals surface area contributed by atoms with Gasteiger partial charge in [-0.15, -0.1) is 0 Å². The summed E-state index contributed by atoms with van der Waals surface area (Å²) >= 11 is 0. The lowest BCUT2D eigenvalue weighted by molar-refractivity contribution is 0.112. The van der Waals surface area contributed by atoms with Gasteiger partial charge >= 0.3 is 0 Å². The Kier molecular flexibility index (Phi) is 3.23. The predicted octanol–water partition coefficient (Wildman–Crippen LogP) is 2.66. The fourth-order valence-corrected chi connectivity index (χ4v) is 0.992. The summed E-state index contributed by atoms with van der Waals surface area (Å²) in [5.74, 6) is 0. The summed E-state index contributed by atoms with van der Waals surface area (Å²) in [7, 11) is 0. The van der Waals surface area contributed by atoms with E-state index in [2.05, 4.69) is 5.32 Å². The molecule has 1 rings (SSSR count). The fraction of sp³-hybridized carbons (Fsp3) is 0.364. The Morgan fingerprint density at radius 1 is 1.36 bits per heavy atom. The van der Waals surface area contributed by atoms with Gasteiger partial charge in [-0.1, -0.05) is 0 Å². The molecular weight excluding hydrogens is 181 g/mol. The molecule has 0 aliphatic rings. The number of rotatable bonds is 4. The van der Waals surface area contributed by atoms with Crippen molar-refractivity contribution >= 4 is 12.0 Å². The SMILES string of the molecule is CC(C)(F)CNc1ccc(C=O)cc1. The number of carbonyl (C=O) groups excluding carboxylic acids is 1. The van der Waals surface area contributed by atoms with Crippen molar-refractivity contribution in [3.05, 3.63) is 29.8 Å². The number of nitrogens with one attached hydrogen (secondary N) is 1. The van der Waals surface area contributed by atoms with Gasteiger partial charge in [0.1, 0.15) is 12.0 Å². The van der Waals surface area contributed by atoms with Crippen molar-refractivity contribution in [1.29, 1.82) is 0 Å². The second-order valence-corrected chi connectivity index (χ2v) is 3.81. The summed E-state index contributed by atoms with van der Waals surface area (Å²) in [5, 5.41) is 2.94. The van der Waals surface area contributed by atoms with Crippen LogP contribution in [0.2, 0.25) is 0 Å². The van der Waals surface area contributed by atoms with Crippen molar-refractivity contribution in [3.63, 3.8) is 0 Å². The highest BCUT2D eigenvalue weighted by Crippen LogP contribution is 2.12. The quantitative estimate of drug-likeness (QED) is 0.748. The summed E-state index contributed by atoms with van der Waals surface area (Å²) in [6.07, 6.45) is 0.781.